The Morgan fingerprint density at radius 3 is 2.58 bits per heavy atom. The maximum Gasteiger partial charge on any atom is 0.00434 e. The Balaban J connectivity index is 2.22. The predicted octanol–water partition coefficient (Wildman–Crippen LogP) is 3.06. The Morgan fingerprint density at radius 2 is 1.79 bits per heavy atom. The normalized spacial score (nSPS) is 11.9. The van der Waals surface area contributed by atoms with Gasteiger partial charge in [0.25, 0.3) is 0 Å². The monoisotopic (exact) mass is 256 g/mol. The molecule has 102 valence electrons. The van der Waals surface area contributed by atoms with Crippen LogP contribution in [0.4, 0.5) is 0 Å². The molecule has 0 aromatic heterocycles. The van der Waals surface area contributed by atoms with Crippen LogP contribution in [0.3, 0.4) is 0 Å². The maximum atomic E-state index is 5.52. The third-order valence-electron chi connectivity index (χ3n) is 3.64. The van der Waals surface area contributed by atoms with Gasteiger partial charge in [-0.2, -0.15) is 0 Å². The van der Waals surface area contributed by atoms with Gasteiger partial charge in [0.15, 0.2) is 0 Å². The molecule has 0 heterocycles. The fraction of sp³-hybridized carbons (Fsp3) is 0.412. The van der Waals surface area contributed by atoms with E-state index in [1.807, 2.05) is 0 Å². The van der Waals surface area contributed by atoms with Crippen molar-refractivity contribution in [1.29, 1.82) is 0 Å². The summed E-state index contributed by atoms with van der Waals surface area (Å²) in [6.07, 6.45) is 1.03. The summed E-state index contributed by atoms with van der Waals surface area (Å²) >= 11 is 0. The topological polar surface area (TPSA) is 38.0 Å². The highest BCUT2D eigenvalue weighted by Gasteiger charge is 2.21. The molecule has 3 N–H and O–H groups in total. The molecular weight excluding hydrogens is 232 g/mol. The van der Waals surface area contributed by atoms with E-state index in [1.165, 1.54) is 16.3 Å². The maximum absolute atomic E-state index is 5.52. The van der Waals surface area contributed by atoms with Crippen molar-refractivity contribution in [2.45, 2.75) is 25.7 Å². The highest BCUT2D eigenvalue weighted by molar-refractivity contribution is 5.86. The zero-order valence-electron chi connectivity index (χ0n) is 11.9. The third-order valence-corrected chi connectivity index (χ3v) is 3.64. The molecule has 0 unspecified atom stereocenters. The largest absolute Gasteiger partial charge is 0.330 e. The Hall–Kier alpha value is -1.38. The van der Waals surface area contributed by atoms with Crippen molar-refractivity contribution >= 4 is 10.8 Å². The molecule has 2 aromatic rings. The Bertz CT molecular complexity index is 526. The number of hydrogen-bond acceptors (Lipinski definition) is 2. The number of nitrogens with one attached hydrogen (secondary N) is 1. The number of fused-ring (bicyclic) bond motifs is 1. The van der Waals surface area contributed by atoms with Crippen molar-refractivity contribution in [3.63, 3.8) is 0 Å². The van der Waals surface area contributed by atoms with E-state index in [1.54, 1.807) is 0 Å². The first-order valence-corrected chi connectivity index (χ1v) is 7.04. The van der Waals surface area contributed by atoms with Gasteiger partial charge in [-0.25, -0.2) is 0 Å². The average molecular weight is 256 g/mol. The lowest BCUT2D eigenvalue weighted by atomic mass is 9.81. The lowest BCUT2D eigenvalue weighted by molar-refractivity contribution is 0.470. The molecule has 0 saturated carbocycles. The van der Waals surface area contributed by atoms with E-state index < -0.39 is 0 Å². The van der Waals surface area contributed by atoms with Crippen LogP contribution in [-0.2, 0) is 5.41 Å². The molecule has 0 atom stereocenters. The van der Waals surface area contributed by atoms with E-state index in [0.717, 1.165) is 26.1 Å². The van der Waals surface area contributed by atoms with E-state index >= 15 is 0 Å². The van der Waals surface area contributed by atoms with Gasteiger partial charge in [0.2, 0.25) is 0 Å². The summed E-state index contributed by atoms with van der Waals surface area (Å²) in [4.78, 5) is 0. The van der Waals surface area contributed by atoms with Crippen LogP contribution < -0.4 is 11.1 Å². The van der Waals surface area contributed by atoms with Gasteiger partial charge >= 0.3 is 0 Å². The van der Waals surface area contributed by atoms with Gasteiger partial charge in [0, 0.05) is 12.0 Å². The second kappa shape index (κ2) is 6.18. The quantitative estimate of drug-likeness (QED) is 0.780. The highest BCUT2D eigenvalue weighted by Crippen LogP contribution is 2.29. The van der Waals surface area contributed by atoms with Crippen molar-refractivity contribution in [2.75, 3.05) is 19.6 Å². The molecule has 0 aliphatic rings. The summed E-state index contributed by atoms with van der Waals surface area (Å²) < 4.78 is 0. The number of benzene rings is 2. The van der Waals surface area contributed by atoms with E-state index in [2.05, 4.69) is 61.6 Å². The summed E-state index contributed by atoms with van der Waals surface area (Å²) in [5.41, 5.74) is 7.05. The molecule has 2 heteroatoms. The molecule has 19 heavy (non-hydrogen) atoms. The molecule has 0 saturated heterocycles. The fourth-order valence-electron chi connectivity index (χ4n) is 2.54. The van der Waals surface area contributed by atoms with Crippen molar-refractivity contribution in [1.82, 2.24) is 5.32 Å². The van der Waals surface area contributed by atoms with Crippen LogP contribution in [0.15, 0.2) is 42.5 Å². The number of hydrogen-bond donors (Lipinski definition) is 2. The minimum Gasteiger partial charge on any atom is -0.330 e. The van der Waals surface area contributed by atoms with Crippen molar-refractivity contribution < 1.29 is 0 Å². The van der Waals surface area contributed by atoms with Gasteiger partial charge in [-0.1, -0.05) is 56.3 Å². The summed E-state index contributed by atoms with van der Waals surface area (Å²) in [7, 11) is 0. The second-order valence-electron chi connectivity index (χ2n) is 5.73. The molecule has 0 amide bonds. The van der Waals surface area contributed by atoms with E-state index in [9.17, 15) is 0 Å². The molecule has 0 bridgehead atoms. The zero-order valence-corrected chi connectivity index (χ0v) is 11.9. The van der Waals surface area contributed by atoms with E-state index in [4.69, 9.17) is 5.73 Å². The third kappa shape index (κ3) is 3.34. The van der Waals surface area contributed by atoms with Gasteiger partial charge < -0.3 is 11.1 Å². The number of rotatable bonds is 6. The molecule has 0 aliphatic heterocycles. The van der Waals surface area contributed by atoms with Crippen molar-refractivity contribution in [3.8, 4) is 0 Å². The van der Waals surface area contributed by atoms with Crippen LogP contribution >= 0.6 is 0 Å². The molecule has 2 rings (SSSR count). The Labute approximate surface area is 116 Å². The average Bonchev–Trinajstić information content (AvgIpc) is 2.43. The van der Waals surface area contributed by atoms with Gasteiger partial charge in [-0.3, -0.25) is 0 Å². The zero-order chi connectivity index (χ0) is 13.7. The summed E-state index contributed by atoms with van der Waals surface area (Å²) in [5, 5.41) is 6.18. The van der Waals surface area contributed by atoms with Crippen LogP contribution in [0.2, 0.25) is 0 Å². The van der Waals surface area contributed by atoms with Crippen LogP contribution in [0, 0.1) is 0 Å². The van der Waals surface area contributed by atoms with E-state index in [0.29, 0.717) is 0 Å². The van der Waals surface area contributed by atoms with Gasteiger partial charge in [-0.15, -0.1) is 0 Å². The van der Waals surface area contributed by atoms with Crippen LogP contribution in [0.25, 0.3) is 10.8 Å². The van der Waals surface area contributed by atoms with Gasteiger partial charge in [-0.05, 0) is 35.8 Å². The van der Waals surface area contributed by atoms with E-state index in [-0.39, 0.29) is 5.41 Å². The molecule has 0 fully saturated rings. The van der Waals surface area contributed by atoms with Gasteiger partial charge in [0.05, 0.1) is 0 Å². The SMILES string of the molecule is CC(C)(CNCCCN)c1cccc2ccccc12. The highest BCUT2D eigenvalue weighted by atomic mass is 14.9. The predicted molar refractivity (Wildman–Crippen MR) is 83.5 cm³/mol. The molecule has 2 nitrogen and oxygen atoms in total. The lowest BCUT2D eigenvalue weighted by Gasteiger charge is -2.27. The molecule has 0 spiro atoms. The molecule has 0 aliphatic carbocycles. The first kappa shape index (κ1) is 14.0. The minimum atomic E-state index is 0.120. The first-order valence-electron chi connectivity index (χ1n) is 7.04. The molecular formula is C17H24N2. The minimum absolute atomic E-state index is 0.120. The van der Waals surface area contributed by atoms with Crippen LogP contribution in [-0.4, -0.2) is 19.6 Å². The van der Waals surface area contributed by atoms with Gasteiger partial charge in [0.1, 0.15) is 0 Å². The van der Waals surface area contributed by atoms with Crippen LogP contribution in [0.5, 0.6) is 0 Å². The molecule has 2 aromatic carbocycles. The van der Waals surface area contributed by atoms with Crippen molar-refractivity contribution in [2.24, 2.45) is 5.73 Å². The summed E-state index contributed by atoms with van der Waals surface area (Å²) in [6, 6.07) is 15.2. The number of nitrogens with two attached hydrogens (primary N) is 1. The molecule has 0 radical (unpaired) electrons. The summed E-state index contributed by atoms with van der Waals surface area (Å²) in [5.74, 6) is 0. The standard InChI is InChI=1S/C17H24N2/c1-17(2,13-19-12-6-11-18)16-10-5-8-14-7-3-4-9-15(14)16/h3-5,7-10,19H,6,11-13,18H2,1-2H3. The fourth-order valence-corrected chi connectivity index (χ4v) is 2.54. The lowest BCUT2D eigenvalue weighted by Crippen LogP contribution is -2.34. The van der Waals surface area contributed by atoms with Crippen molar-refractivity contribution in [3.05, 3.63) is 48.0 Å². The Morgan fingerprint density at radius 1 is 1.05 bits per heavy atom. The second-order valence-corrected chi connectivity index (χ2v) is 5.73. The first-order chi connectivity index (χ1) is 9.15. The van der Waals surface area contributed by atoms with Crippen LogP contribution in [0.1, 0.15) is 25.8 Å². The smallest absolute Gasteiger partial charge is 0.00434 e. The Kier molecular flexibility index (Phi) is 4.56. The summed E-state index contributed by atoms with van der Waals surface area (Å²) in [6.45, 7) is 7.31.